The fourth-order valence-electron chi connectivity index (χ4n) is 14.8. The summed E-state index contributed by atoms with van der Waals surface area (Å²) in [6.07, 6.45) is 0. The lowest BCUT2D eigenvalue weighted by Gasteiger charge is -2.36. The summed E-state index contributed by atoms with van der Waals surface area (Å²) in [7, 11) is 0. The Hall–Kier alpha value is -10.3. The number of hydrogen-bond acceptors (Lipinski definition) is 2. The molecule has 2 aliphatic rings. The second-order valence-corrected chi connectivity index (χ2v) is 22.5. The van der Waals surface area contributed by atoms with Gasteiger partial charge in [-0.3, -0.25) is 0 Å². The van der Waals surface area contributed by atoms with Crippen molar-refractivity contribution >= 4 is 66.4 Å². The molecule has 0 spiro atoms. The van der Waals surface area contributed by atoms with E-state index in [1.165, 1.54) is 110 Å². The van der Waals surface area contributed by atoms with Crippen LogP contribution in [0.25, 0.3) is 54.6 Å². The van der Waals surface area contributed by atoms with Crippen LogP contribution in [0.1, 0.15) is 55.6 Å². The van der Waals surface area contributed by atoms with Gasteiger partial charge < -0.3 is 9.80 Å². The van der Waals surface area contributed by atoms with Crippen LogP contribution in [-0.2, 0) is 10.8 Å². The van der Waals surface area contributed by atoms with Gasteiger partial charge in [0.25, 0.3) is 0 Å². The van der Waals surface area contributed by atoms with Crippen molar-refractivity contribution < 1.29 is 0 Å². The Morgan fingerprint density at radius 2 is 0.549 bits per heavy atom. The van der Waals surface area contributed by atoms with Crippen molar-refractivity contribution in [1.29, 1.82) is 0 Å². The molecule has 0 amide bonds. The molecule has 0 atom stereocenters. The van der Waals surface area contributed by atoms with Gasteiger partial charge in [-0.15, -0.1) is 0 Å². The molecule has 0 N–H and O–H groups in total. The monoisotopic (exact) mass is 1040 g/mol. The maximum absolute atomic E-state index is 2.51. The topological polar surface area (TPSA) is 6.48 Å². The molecular formula is C80H56N2. The molecule has 386 valence electrons. The molecule has 2 heteroatoms. The molecule has 0 saturated carbocycles. The first-order chi connectivity index (χ1) is 40.5. The number of nitrogens with zero attached hydrogens (tertiary/aromatic N) is 2. The molecule has 2 nitrogen and oxygen atoms in total. The molecule has 0 bridgehead atoms. The molecule has 16 rings (SSSR count). The van der Waals surface area contributed by atoms with Gasteiger partial charge in [-0.1, -0.05) is 243 Å². The van der Waals surface area contributed by atoms with E-state index in [0.717, 1.165) is 34.1 Å². The molecule has 82 heavy (non-hydrogen) atoms. The molecule has 0 aromatic heterocycles. The van der Waals surface area contributed by atoms with Crippen molar-refractivity contribution in [1.82, 2.24) is 0 Å². The summed E-state index contributed by atoms with van der Waals surface area (Å²) in [5.41, 5.74) is 23.3. The lowest BCUT2D eigenvalue weighted by atomic mass is 9.67. The van der Waals surface area contributed by atoms with E-state index in [-0.39, 0.29) is 0 Å². The van der Waals surface area contributed by atoms with E-state index in [0.29, 0.717) is 0 Å². The first-order valence-electron chi connectivity index (χ1n) is 28.7. The van der Waals surface area contributed by atoms with Crippen molar-refractivity contribution in [3.05, 3.63) is 359 Å². The number of aryl methyl sites for hydroxylation is 2. The molecule has 0 radical (unpaired) electrons. The lowest BCUT2D eigenvalue weighted by Crippen LogP contribution is -2.28. The minimum absolute atomic E-state index is 0.546. The quantitative estimate of drug-likeness (QED) is 0.126. The van der Waals surface area contributed by atoms with E-state index >= 15 is 0 Å². The van der Waals surface area contributed by atoms with Crippen LogP contribution < -0.4 is 9.80 Å². The van der Waals surface area contributed by atoms with Gasteiger partial charge in [-0.05, 0) is 174 Å². The highest BCUT2D eigenvalue weighted by molar-refractivity contribution is 6.29. The van der Waals surface area contributed by atoms with Gasteiger partial charge >= 0.3 is 0 Å². The van der Waals surface area contributed by atoms with Crippen molar-refractivity contribution in [3.8, 4) is 22.3 Å². The van der Waals surface area contributed by atoms with Gasteiger partial charge in [0.2, 0.25) is 0 Å². The predicted octanol–water partition coefficient (Wildman–Crippen LogP) is 20.9. The van der Waals surface area contributed by atoms with Crippen LogP contribution in [0.15, 0.2) is 303 Å². The summed E-state index contributed by atoms with van der Waals surface area (Å²) in [6, 6.07) is 114. The highest BCUT2D eigenvalue weighted by Crippen LogP contribution is 2.59. The zero-order chi connectivity index (χ0) is 54.5. The Balaban J connectivity index is 0.917. The van der Waals surface area contributed by atoms with Gasteiger partial charge in [0.05, 0.1) is 22.2 Å². The van der Waals surface area contributed by atoms with Crippen LogP contribution in [0.5, 0.6) is 0 Å². The Kier molecular flexibility index (Phi) is 10.9. The molecule has 0 aliphatic heterocycles. The Labute approximate surface area is 479 Å². The highest BCUT2D eigenvalue weighted by Gasteiger charge is 2.47. The van der Waals surface area contributed by atoms with E-state index in [1.807, 2.05) is 0 Å². The maximum Gasteiger partial charge on any atom is 0.0714 e. The minimum atomic E-state index is -0.546. The molecule has 0 saturated heterocycles. The molecule has 14 aromatic rings. The number of rotatable bonds is 10. The fraction of sp³-hybridized carbons (Fsp3) is 0.0500. The first-order valence-corrected chi connectivity index (χ1v) is 28.7. The summed E-state index contributed by atoms with van der Waals surface area (Å²) in [5.74, 6) is 0. The fourth-order valence-corrected chi connectivity index (χ4v) is 14.8. The van der Waals surface area contributed by atoms with E-state index in [4.69, 9.17) is 0 Å². The van der Waals surface area contributed by atoms with Gasteiger partial charge in [0.1, 0.15) is 0 Å². The maximum atomic E-state index is 2.51. The molecule has 14 aromatic carbocycles. The third-order valence-corrected chi connectivity index (χ3v) is 18.0. The Morgan fingerprint density at radius 3 is 0.915 bits per heavy atom. The van der Waals surface area contributed by atoms with Crippen molar-refractivity contribution in [2.45, 2.75) is 24.7 Å². The number of hydrogen-bond donors (Lipinski definition) is 0. The van der Waals surface area contributed by atoms with E-state index in [9.17, 15) is 0 Å². The van der Waals surface area contributed by atoms with E-state index in [2.05, 4.69) is 327 Å². The van der Waals surface area contributed by atoms with Gasteiger partial charge in [-0.25, -0.2) is 0 Å². The second-order valence-electron chi connectivity index (χ2n) is 22.5. The van der Waals surface area contributed by atoms with Crippen LogP contribution in [0.4, 0.5) is 34.1 Å². The average molecular weight is 1050 g/mol. The predicted molar refractivity (Wildman–Crippen MR) is 344 cm³/mol. The number of anilines is 6. The van der Waals surface area contributed by atoms with Crippen molar-refractivity contribution in [3.63, 3.8) is 0 Å². The first kappa shape index (κ1) is 47.7. The third-order valence-electron chi connectivity index (χ3n) is 18.0. The normalized spacial score (nSPS) is 13.4. The second kappa shape index (κ2) is 18.7. The molecular weight excluding hydrogens is 989 g/mol. The van der Waals surface area contributed by atoms with E-state index < -0.39 is 10.8 Å². The summed E-state index contributed by atoms with van der Waals surface area (Å²) in [6.45, 7) is 4.40. The van der Waals surface area contributed by atoms with E-state index in [1.54, 1.807) is 0 Å². The highest BCUT2D eigenvalue weighted by atomic mass is 15.2. The van der Waals surface area contributed by atoms with Gasteiger partial charge in [0, 0.05) is 33.5 Å². The van der Waals surface area contributed by atoms with Gasteiger partial charge in [-0.2, -0.15) is 0 Å². The molecule has 2 aliphatic carbocycles. The van der Waals surface area contributed by atoms with Crippen molar-refractivity contribution in [2.75, 3.05) is 9.80 Å². The largest absolute Gasteiger partial charge is 0.310 e. The molecule has 0 unspecified atom stereocenters. The SMILES string of the molecule is Cc1cccc(N(c2cccc(C3(c4ccccc4)c4ccccc4-c4ccccc43)c2)c2cc3cccc4c(N(c5cccc(C)c5)c5cccc(C6(c7ccccc7)c7ccccc7-c7ccccc76)c5)cc5cccc2c5c34)c1. The average Bonchev–Trinajstić information content (AvgIpc) is 3.89. The Bertz CT molecular complexity index is 4410. The summed E-state index contributed by atoms with van der Waals surface area (Å²) in [5, 5.41) is 7.27. The van der Waals surface area contributed by atoms with Crippen LogP contribution in [0.3, 0.4) is 0 Å². The molecule has 0 fully saturated rings. The van der Waals surface area contributed by atoms with Crippen LogP contribution in [0.2, 0.25) is 0 Å². The zero-order valence-corrected chi connectivity index (χ0v) is 45.8. The zero-order valence-electron chi connectivity index (χ0n) is 45.8. The summed E-state index contributed by atoms with van der Waals surface area (Å²) in [4.78, 5) is 5.03. The minimum Gasteiger partial charge on any atom is -0.310 e. The number of fused-ring (bicyclic) bond motifs is 6. The third kappa shape index (κ3) is 6.95. The summed E-state index contributed by atoms with van der Waals surface area (Å²) < 4.78 is 0. The van der Waals surface area contributed by atoms with Gasteiger partial charge in [0.15, 0.2) is 0 Å². The lowest BCUT2D eigenvalue weighted by molar-refractivity contribution is 0.768. The number of benzene rings is 14. The van der Waals surface area contributed by atoms with Crippen LogP contribution in [-0.4, -0.2) is 0 Å². The van der Waals surface area contributed by atoms with Crippen molar-refractivity contribution in [2.24, 2.45) is 0 Å². The molecule has 0 heterocycles. The summed E-state index contributed by atoms with van der Waals surface area (Å²) >= 11 is 0. The Morgan fingerprint density at radius 1 is 0.244 bits per heavy atom. The van der Waals surface area contributed by atoms with Crippen LogP contribution >= 0.6 is 0 Å². The van der Waals surface area contributed by atoms with Crippen LogP contribution in [0, 0.1) is 13.8 Å². The standard InChI is InChI=1S/C80H56N2/c1-53-23-17-33-61(47-53)81(63-35-21-31-59(51-63)79(57-27-5-3-6-28-57)71-43-13-9-37-65(71)66-38-10-14-44-72(66)79)75-49-55-25-20-42-70-76(50-56-26-19-41-69(75)77(56)78(55)70)82(62-34-18-24-54(2)48-62)64-36-22-32-60(52-64)80(58-29-7-4-8-30-58)73-45-15-11-39-67(73)68-40-12-16-46-74(68)80/h3-52H,1-2H3. The smallest absolute Gasteiger partial charge is 0.0714 e.